The molecule has 1 N–H and O–H groups in total. The molecule has 1 aliphatic heterocycles. The number of rotatable bonds is 13. The van der Waals surface area contributed by atoms with Crippen molar-refractivity contribution in [1.82, 2.24) is 14.5 Å². The number of hydrogen-bond donors (Lipinski definition) is 1. The zero-order valence-electron chi connectivity index (χ0n) is 25.1. The minimum atomic E-state index is -3.66. The zero-order valence-corrected chi connectivity index (χ0v) is 26.7. The van der Waals surface area contributed by atoms with E-state index < -0.39 is 10.0 Å². The van der Waals surface area contributed by atoms with Crippen LogP contribution in [0.4, 0.5) is 0 Å². The molecule has 2 fully saturated rings. The molecule has 4 rings (SSSR count). The summed E-state index contributed by atoms with van der Waals surface area (Å²) in [5.41, 5.74) is 1.31. The SMILES string of the molecule is COc1ccc(S(=O)(=O)N2CCCCC2COCC(=O)NCCC2CCC(C(c3ccc(Cl)cc3)N(C)C)CC2)cc1. The van der Waals surface area contributed by atoms with Gasteiger partial charge in [0.25, 0.3) is 0 Å². The molecule has 1 heterocycles. The van der Waals surface area contributed by atoms with Crippen LogP contribution in [0.3, 0.4) is 0 Å². The lowest BCUT2D eigenvalue weighted by Gasteiger charge is -2.37. The molecule has 2 unspecified atom stereocenters. The molecule has 0 bridgehead atoms. The number of carbonyl (C=O) groups is 1. The van der Waals surface area contributed by atoms with Gasteiger partial charge in [-0.25, -0.2) is 8.42 Å². The number of sulfonamides is 1. The highest BCUT2D eigenvalue weighted by Gasteiger charge is 2.34. The maximum atomic E-state index is 13.3. The Bertz CT molecular complexity index is 1230. The van der Waals surface area contributed by atoms with Gasteiger partial charge in [-0.3, -0.25) is 4.79 Å². The first-order valence-electron chi connectivity index (χ1n) is 15.1. The van der Waals surface area contributed by atoms with Crippen LogP contribution in [0.25, 0.3) is 0 Å². The van der Waals surface area contributed by atoms with Crippen LogP contribution in [0.2, 0.25) is 5.02 Å². The quantitative estimate of drug-likeness (QED) is 0.318. The Hall–Kier alpha value is -2.17. The van der Waals surface area contributed by atoms with Gasteiger partial charge in [-0.15, -0.1) is 0 Å². The maximum Gasteiger partial charge on any atom is 0.245 e. The minimum absolute atomic E-state index is 0.0642. The Labute approximate surface area is 256 Å². The Morgan fingerprint density at radius 2 is 1.71 bits per heavy atom. The van der Waals surface area contributed by atoms with E-state index >= 15 is 0 Å². The highest BCUT2D eigenvalue weighted by atomic mass is 35.5. The van der Waals surface area contributed by atoms with Crippen LogP contribution < -0.4 is 10.1 Å². The van der Waals surface area contributed by atoms with Gasteiger partial charge >= 0.3 is 0 Å². The summed E-state index contributed by atoms with van der Waals surface area (Å²) in [6.45, 7) is 1.22. The van der Waals surface area contributed by atoms with Crippen molar-refractivity contribution in [2.24, 2.45) is 11.8 Å². The van der Waals surface area contributed by atoms with E-state index in [0.29, 0.717) is 43.1 Å². The van der Waals surface area contributed by atoms with E-state index in [1.165, 1.54) is 22.7 Å². The summed E-state index contributed by atoms with van der Waals surface area (Å²) in [5, 5.41) is 3.77. The third kappa shape index (κ3) is 8.69. The molecule has 0 aromatic heterocycles. The first-order valence-corrected chi connectivity index (χ1v) is 16.9. The van der Waals surface area contributed by atoms with Crippen molar-refractivity contribution in [2.75, 3.05) is 47.5 Å². The summed E-state index contributed by atoms with van der Waals surface area (Å²) in [4.78, 5) is 15.0. The molecule has 42 heavy (non-hydrogen) atoms. The lowest BCUT2D eigenvalue weighted by Crippen LogP contribution is -2.46. The average Bonchev–Trinajstić information content (AvgIpc) is 2.99. The topological polar surface area (TPSA) is 88.2 Å². The number of nitrogens with one attached hydrogen (secondary N) is 1. The van der Waals surface area contributed by atoms with E-state index in [2.05, 4.69) is 36.4 Å². The summed E-state index contributed by atoms with van der Waals surface area (Å²) in [5.74, 6) is 1.67. The molecule has 2 aromatic carbocycles. The van der Waals surface area contributed by atoms with Crippen molar-refractivity contribution in [1.29, 1.82) is 0 Å². The smallest absolute Gasteiger partial charge is 0.245 e. The molecule has 0 spiro atoms. The second-order valence-electron chi connectivity index (χ2n) is 11.8. The molecular weight excluding hydrogens is 574 g/mol. The van der Waals surface area contributed by atoms with Crippen LogP contribution in [-0.2, 0) is 19.6 Å². The van der Waals surface area contributed by atoms with Crippen LogP contribution >= 0.6 is 11.6 Å². The molecule has 2 atom stereocenters. The molecular formula is C32H46ClN3O5S. The van der Waals surface area contributed by atoms with Gasteiger partial charge in [0.15, 0.2) is 0 Å². The normalized spacial score (nSPS) is 22.5. The molecule has 0 radical (unpaired) electrons. The number of benzene rings is 2. The number of hydrogen-bond acceptors (Lipinski definition) is 6. The van der Waals surface area contributed by atoms with Crippen LogP contribution in [0.15, 0.2) is 53.4 Å². The van der Waals surface area contributed by atoms with E-state index in [0.717, 1.165) is 37.1 Å². The first-order chi connectivity index (χ1) is 20.2. The van der Waals surface area contributed by atoms with E-state index in [9.17, 15) is 13.2 Å². The van der Waals surface area contributed by atoms with Crippen molar-refractivity contribution in [3.63, 3.8) is 0 Å². The summed E-state index contributed by atoms with van der Waals surface area (Å²) in [7, 11) is 2.19. The molecule has 1 amide bonds. The van der Waals surface area contributed by atoms with Crippen molar-refractivity contribution in [2.45, 2.75) is 68.3 Å². The molecule has 10 heteroatoms. The number of piperidine rings is 1. The van der Waals surface area contributed by atoms with Crippen molar-refractivity contribution < 1.29 is 22.7 Å². The molecule has 1 saturated carbocycles. The van der Waals surface area contributed by atoms with Gasteiger partial charge < -0.3 is 19.7 Å². The molecule has 232 valence electrons. The second-order valence-corrected chi connectivity index (χ2v) is 14.2. The van der Waals surface area contributed by atoms with Crippen molar-refractivity contribution >= 4 is 27.5 Å². The van der Waals surface area contributed by atoms with Crippen molar-refractivity contribution in [3.05, 3.63) is 59.1 Å². The fourth-order valence-electron chi connectivity index (χ4n) is 6.54. The first kappa shape index (κ1) is 32.7. The van der Waals surface area contributed by atoms with Gasteiger partial charge in [-0.05, 0) is 100.0 Å². The summed E-state index contributed by atoms with van der Waals surface area (Å²) < 4.78 is 39.0. The van der Waals surface area contributed by atoms with Gasteiger partial charge in [0.05, 0.1) is 18.6 Å². The molecule has 2 aliphatic rings. The van der Waals surface area contributed by atoms with Crippen LogP contribution in [0.5, 0.6) is 5.75 Å². The Balaban J connectivity index is 1.17. The Morgan fingerprint density at radius 3 is 2.36 bits per heavy atom. The van der Waals surface area contributed by atoms with Crippen LogP contribution in [-0.4, -0.2) is 77.1 Å². The molecule has 1 aliphatic carbocycles. The fraction of sp³-hybridized carbons (Fsp3) is 0.594. The largest absolute Gasteiger partial charge is 0.497 e. The van der Waals surface area contributed by atoms with Gasteiger partial charge in [0.2, 0.25) is 15.9 Å². The van der Waals surface area contributed by atoms with E-state index in [1.807, 2.05) is 12.1 Å². The third-order valence-corrected chi connectivity index (χ3v) is 11.0. The number of amides is 1. The maximum absolute atomic E-state index is 13.3. The monoisotopic (exact) mass is 619 g/mol. The number of carbonyl (C=O) groups excluding carboxylic acids is 1. The highest BCUT2D eigenvalue weighted by molar-refractivity contribution is 7.89. The van der Waals surface area contributed by atoms with Gasteiger partial charge in [0.1, 0.15) is 12.4 Å². The van der Waals surface area contributed by atoms with E-state index in [4.69, 9.17) is 21.1 Å². The zero-order chi connectivity index (χ0) is 30.1. The van der Waals surface area contributed by atoms with Gasteiger partial charge in [0, 0.05) is 30.2 Å². The molecule has 1 saturated heterocycles. The van der Waals surface area contributed by atoms with E-state index in [-0.39, 0.29) is 30.1 Å². The van der Waals surface area contributed by atoms with Gasteiger partial charge in [-0.2, -0.15) is 4.31 Å². The van der Waals surface area contributed by atoms with E-state index in [1.54, 1.807) is 31.4 Å². The average molecular weight is 620 g/mol. The highest BCUT2D eigenvalue weighted by Crippen LogP contribution is 2.40. The fourth-order valence-corrected chi connectivity index (χ4v) is 8.34. The summed E-state index contributed by atoms with van der Waals surface area (Å²) in [6, 6.07) is 14.8. The predicted molar refractivity (Wildman–Crippen MR) is 166 cm³/mol. The predicted octanol–water partition coefficient (Wildman–Crippen LogP) is 5.52. The lowest BCUT2D eigenvalue weighted by molar-refractivity contribution is -0.126. The number of nitrogens with zero attached hydrogens (tertiary/aromatic N) is 2. The second kappa shape index (κ2) is 15.5. The third-order valence-electron chi connectivity index (χ3n) is 8.76. The summed E-state index contributed by atoms with van der Waals surface area (Å²) in [6.07, 6.45) is 8.09. The Morgan fingerprint density at radius 1 is 1.02 bits per heavy atom. The minimum Gasteiger partial charge on any atom is -0.497 e. The number of methoxy groups -OCH3 is 1. The molecule has 2 aromatic rings. The van der Waals surface area contributed by atoms with Gasteiger partial charge in [-0.1, -0.05) is 43.0 Å². The number of ether oxygens (including phenoxy) is 2. The van der Waals surface area contributed by atoms with Crippen LogP contribution in [0, 0.1) is 11.8 Å². The van der Waals surface area contributed by atoms with Crippen molar-refractivity contribution in [3.8, 4) is 5.75 Å². The van der Waals surface area contributed by atoms with Crippen LogP contribution in [0.1, 0.15) is 63.0 Å². The summed E-state index contributed by atoms with van der Waals surface area (Å²) >= 11 is 6.11. The Kier molecular flexibility index (Phi) is 12.1. The number of halogens is 1. The molecule has 8 nitrogen and oxygen atoms in total. The lowest BCUT2D eigenvalue weighted by atomic mass is 9.75. The standard InChI is InChI=1S/C32H46ClN3O5S/c1-35(2)32(26-11-13-27(33)14-12-26)25-9-7-24(8-10-25)19-20-34-31(37)23-41-22-28-6-4-5-21-36(28)42(38,39)30-17-15-29(40-3)16-18-30/h11-18,24-25,28,32H,4-10,19-23H2,1-3H3,(H,34,37).